The summed E-state index contributed by atoms with van der Waals surface area (Å²) >= 11 is 0. The molecular weight excluding hydrogens is 300 g/mol. The number of hydrogen-bond donors (Lipinski definition) is 2. The van der Waals surface area contributed by atoms with Crippen molar-refractivity contribution in [1.82, 2.24) is 10.2 Å². The van der Waals surface area contributed by atoms with Crippen LogP contribution in [0, 0.1) is 0 Å². The molecule has 5 nitrogen and oxygen atoms in total. The van der Waals surface area contributed by atoms with E-state index in [4.69, 9.17) is 5.73 Å². The van der Waals surface area contributed by atoms with Gasteiger partial charge in [-0.15, -0.1) is 0 Å². The minimum atomic E-state index is 0.599. The number of para-hydroxylation sites is 1. The summed E-state index contributed by atoms with van der Waals surface area (Å²) in [5.74, 6) is 0. The molecular formula is C19H26N4O. The summed E-state index contributed by atoms with van der Waals surface area (Å²) in [4.78, 5) is 14.3. The maximum Gasteiger partial charge on any atom is 0.133 e. The molecule has 5 heteroatoms. The molecule has 2 aromatic carbocycles. The normalized spacial score (nSPS) is 14.4. The zero-order chi connectivity index (χ0) is 17.2. The molecule has 3 rings (SSSR count). The quantitative estimate of drug-likeness (QED) is 0.666. The number of benzene rings is 2. The number of nitrogens with one attached hydrogen (secondary N) is 1. The van der Waals surface area contributed by atoms with Gasteiger partial charge in [0, 0.05) is 50.3 Å². The molecule has 1 heterocycles. The van der Waals surface area contributed by atoms with Crippen LogP contribution in [0.3, 0.4) is 0 Å². The van der Waals surface area contributed by atoms with Crippen molar-refractivity contribution in [3.63, 3.8) is 0 Å². The number of anilines is 3. The van der Waals surface area contributed by atoms with Crippen LogP contribution < -0.4 is 16.0 Å². The predicted octanol–water partition coefficient (Wildman–Crippen LogP) is 2.13. The van der Waals surface area contributed by atoms with E-state index in [0.717, 1.165) is 43.8 Å². The standard InChI is InChI=1S/C13H14N2.C6H12N2O/c1-15(12-5-3-2-4-6-12)13-9-7-11(14)8-10-13;9-6-5-8-3-1-7-2-4-8/h2-10H,14H2,1H3;6-7H,1-5H2. The molecule has 0 bridgehead atoms. The topological polar surface area (TPSA) is 61.6 Å². The molecule has 0 atom stereocenters. The Kier molecular flexibility index (Phi) is 7.26. The number of nitrogens with zero attached hydrogens (tertiary/aromatic N) is 2. The van der Waals surface area contributed by atoms with E-state index in [9.17, 15) is 4.79 Å². The number of nitrogens with two attached hydrogens (primary N) is 1. The lowest BCUT2D eigenvalue weighted by molar-refractivity contribution is -0.109. The average molecular weight is 326 g/mol. The Morgan fingerprint density at radius 3 is 2.21 bits per heavy atom. The summed E-state index contributed by atoms with van der Waals surface area (Å²) in [6.07, 6.45) is 0.964. The van der Waals surface area contributed by atoms with Crippen LogP contribution in [-0.4, -0.2) is 51.0 Å². The number of hydrogen-bond acceptors (Lipinski definition) is 5. The molecule has 0 radical (unpaired) electrons. The first-order chi connectivity index (χ1) is 11.7. The molecule has 128 valence electrons. The number of piperazine rings is 1. The molecule has 3 N–H and O–H groups in total. The van der Waals surface area contributed by atoms with Crippen molar-refractivity contribution in [1.29, 1.82) is 0 Å². The molecule has 0 spiro atoms. The van der Waals surface area contributed by atoms with Crippen LogP contribution in [0.2, 0.25) is 0 Å². The summed E-state index contributed by atoms with van der Waals surface area (Å²) in [5.41, 5.74) is 8.74. The van der Waals surface area contributed by atoms with Crippen molar-refractivity contribution in [3.8, 4) is 0 Å². The van der Waals surface area contributed by atoms with Gasteiger partial charge in [-0.05, 0) is 36.4 Å². The number of aldehydes is 1. The van der Waals surface area contributed by atoms with E-state index in [2.05, 4.69) is 27.2 Å². The van der Waals surface area contributed by atoms with Gasteiger partial charge in [0.05, 0.1) is 6.54 Å². The van der Waals surface area contributed by atoms with E-state index in [1.54, 1.807) is 0 Å². The van der Waals surface area contributed by atoms with Crippen molar-refractivity contribution in [2.75, 3.05) is 50.4 Å². The second-order valence-electron chi connectivity index (χ2n) is 5.70. The second kappa shape index (κ2) is 9.70. The fourth-order valence-electron chi connectivity index (χ4n) is 2.50. The highest BCUT2D eigenvalue weighted by Crippen LogP contribution is 2.23. The predicted molar refractivity (Wildman–Crippen MR) is 101 cm³/mol. The summed E-state index contributed by atoms with van der Waals surface area (Å²) in [6, 6.07) is 18.1. The summed E-state index contributed by atoms with van der Waals surface area (Å²) in [5, 5.41) is 3.22. The SMILES string of the molecule is CN(c1ccccc1)c1ccc(N)cc1.O=CCN1CCNCC1. The van der Waals surface area contributed by atoms with Crippen molar-refractivity contribution in [2.45, 2.75) is 0 Å². The van der Waals surface area contributed by atoms with Gasteiger partial charge < -0.3 is 20.7 Å². The van der Waals surface area contributed by atoms with Crippen molar-refractivity contribution < 1.29 is 4.79 Å². The van der Waals surface area contributed by atoms with Crippen molar-refractivity contribution >= 4 is 23.3 Å². The highest BCUT2D eigenvalue weighted by Gasteiger charge is 2.06. The van der Waals surface area contributed by atoms with Gasteiger partial charge in [0.2, 0.25) is 0 Å². The lowest BCUT2D eigenvalue weighted by Gasteiger charge is -2.24. The van der Waals surface area contributed by atoms with Gasteiger partial charge in [-0.1, -0.05) is 18.2 Å². The van der Waals surface area contributed by atoms with E-state index in [1.807, 2.05) is 49.5 Å². The lowest BCUT2D eigenvalue weighted by Crippen LogP contribution is -2.44. The van der Waals surface area contributed by atoms with E-state index in [0.29, 0.717) is 6.54 Å². The summed E-state index contributed by atoms with van der Waals surface area (Å²) < 4.78 is 0. The smallest absolute Gasteiger partial charge is 0.133 e. The minimum Gasteiger partial charge on any atom is -0.399 e. The number of carbonyl (C=O) groups excluding carboxylic acids is 1. The van der Waals surface area contributed by atoms with Crippen molar-refractivity contribution in [2.24, 2.45) is 0 Å². The largest absolute Gasteiger partial charge is 0.399 e. The number of carbonyl (C=O) groups is 1. The molecule has 0 aliphatic carbocycles. The third-order valence-electron chi connectivity index (χ3n) is 3.97. The number of nitrogen functional groups attached to an aromatic ring is 1. The van der Waals surface area contributed by atoms with Gasteiger partial charge in [0.1, 0.15) is 6.29 Å². The van der Waals surface area contributed by atoms with Gasteiger partial charge in [0.15, 0.2) is 0 Å². The third kappa shape index (κ3) is 5.68. The molecule has 1 aliphatic rings. The molecule has 0 saturated carbocycles. The summed E-state index contributed by atoms with van der Waals surface area (Å²) in [7, 11) is 2.04. The Labute approximate surface area is 144 Å². The zero-order valence-corrected chi connectivity index (χ0v) is 14.2. The fourth-order valence-corrected chi connectivity index (χ4v) is 2.50. The highest BCUT2D eigenvalue weighted by molar-refractivity contribution is 5.63. The van der Waals surface area contributed by atoms with Crippen LogP contribution in [-0.2, 0) is 4.79 Å². The van der Waals surface area contributed by atoms with Gasteiger partial charge in [-0.25, -0.2) is 0 Å². The second-order valence-corrected chi connectivity index (χ2v) is 5.70. The zero-order valence-electron chi connectivity index (χ0n) is 14.2. The highest BCUT2D eigenvalue weighted by atomic mass is 16.1. The van der Waals surface area contributed by atoms with E-state index in [1.165, 1.54) is 5.69 Å². The first-order valence-corrected chi connectivity index (χ1v) is 8.21. The van der Waals surface area contributed by atoms with Crippen molar-refractivity contribution in [3.05, 3.63) is 54.6 Å². The Morgan fingerprint density at radius 1 is 1.04 bits per heavy atom. The molecule has 1 saturated heterocycles. The van der Waals surface area contributed by atoms with Crippen LogP contribution in [0.15, 0.2) is 54.6 Å². The monoisotopic (exact) mass is 326 g/mol. The first kappa shape index (κ1) is 18.0. The molecule has 0 unspecified atom stereocenters. The molecule has 1 aliphatic heterocycles. The van der Waals surface area contributed by atoms with Gasteiger partial charge >= 0.3 is 0 Å². The third-order valence-corrected chi connectivity index (χ3v) is 3.97. The maximum absolute atomic E-state index is 10.0. The molecule has 2 aromatic rings. The Bertz CT molecular complexity index is 595. The average Bonchev–Trinajstić information content (AvgIpc) is 2.64. The Morgan fingerprint density at radius 2 is 1.62 bits per heavy atom. The van der Waals surface area contributed by atoms with Crippen LogP contribution in [0.25, 0.3) is 0 Å². The van der Waals surface area contributed by atoms with Crippen LogP contribution in [0.1, 0.15) is 0 Å². The fraction of sp³-hybridized carbons (Fsp3) is 0.316. The first-order valence-electron chi connectivity index (χ1n) is 8.21. The molecule has 0 amide bonds. The van der Waals surface area contributed by atoms with Gasteiger partial charge in [0.25, 0.3) is 0 Å². The minimum absolute atomic E-state index is 0.599. The molecule has 1 fully saturated rings. The van der Waals surface area contributed by atoms with E-state index < -0.39 is 0 Å². The van der Waals surface area contributed by atoms with Gasteiger partial charge in [-0.3, -0.25) is 4.90 Å². The maximum atomic E-state index is 10.0. The van der Waals surface area contributed by atoms with Crippen LogP contribution in [0.4, 0.5) is 17.1 Å². The molecule has 24 heavy (non-hydrogen) atoms. The number of rotatable bonds is 4. The van der Waals surface area contributed by atoms with Crippen LogP contribution >= 0.6 is 0 Å². The van der Waals surface area contributed by atoms with Crippen LogP contribution in [0.5, 0.6) is 0 Å². The molecule has 0 aromatic heterocycles. The lowest BCUT2D eigenvalue weighted by atomic mass is 10.2. The van der Waals surface area contributed by atoms with E-state index in [-0.39, 0.29) is 0 Å². The Balaban J connectivity index is 0.000000198. The Hall–Kier alpha value is -2.37. The van der Waals surface area contributed by atoms with Gasteiger partial charge in [-0.2, -0.15) is 0 Å². The summed E-state index contributed by atoms with van der Waals surface area (Å²) in [6.45, 7) is 4.67. The van der Waals surface area contributed by atoms with E-state index >= 15 is 0 Å².